The summed E-state index contributed by atoms with van der Waals surface area (Å²) >= 11 is 0. The quantitative estimate of drug-likeness (QED) is 0.841. The smallest absolute Gasteiger partial charge is 0.266 e. The molecule has 5 heteroatoms. The van der Waals surface area contributed by atoms with E-state index in [1.54, 1.807) is 29.2 Å². The molecule has 5 nitrogen and oxygen atoms in total. The van der Waals surface area contributed by atoms with Crippen molar-refractivity contribution in [3.63, 3.8) is 0 Å². The molecule has 1 atom stereocenters. The fourth-order valence-corrected chi connectivity index (χ4v) is 4.31. The van der Waals surface area contributed by atoms with Gasteiger partial charge in [0.15, 0.2) is 0 Å². The molecule has 1 unspecified atom stereocenters. The molecule has 2 aliphatic rings. The molecule has 0 aromatic carbocycles. The summed E-state index contributed by atoms with van der Waals surface area (Å²) in [5.41, 5.74) is 1.75. The van der Waals surface area contributed by atoms with Gasteiger partial charge in [-0.3, -0.25) is 14.7 Å². The van der Waals surface area contributed by atoms with Gasteiger partial charge < -0.3 is 0 Å². The molecular weight excluding hydrogens is 312 g/mol. The van der Waals surface area contributed by atoms with E-state index >= 15 is 0 Å². The fraction of sp³-hybridized carbons (Fsp3) is 0.550. The molecule has 0 N–H and O–H groups in total. The van der Waals surface area contributed by atoms with Crippen LogP contribution in [-0.4, -0.2) is 38.8 Å². The van der Waals surface area contributed by atoms with Gasteiger partial charge >= 0.3 is 0 Å². The number of likely N-dealkylation sites (tertiary alicyclic amines) is 1. The number of aromatic nitrogens is 3. The van der Waals surface area contributed by atoms with Gasteiger partial charge in [-0.15, -0.1) is 0 Å². The van der Waals surface area contributed by atoms with E-state index in [4.69, 9.17) is 0 Å². The molecule has 2 aromatic heterocycles. The Hall–Kier alpha value is -2.01. The molecule has 1 saturated carbocycles. The SMILES string of the molecule is O=c1ccc(-c2cccnc2)nn1CC1CCCN1CC1CCCC1. The Morgan fingerprint density at radius 2 is 1.92 bits per heavy atom. The zero-order valence-corrected chi connectivity index (χ0v) is 14.7. The highest BCUT2D eigenvalue weighted by Crippen LogP contribution is 2.28. The van der Waals surface area contributed by atoms with Crippen LogP contribution in [0.15, 0.2) is 41.5 Å². The van der Waals surface area contributed by atoms with Crippen molar-refractivity contribution >= 4 is 0 Å². The highest BCUT2D eigenvalue weighted by atomic mass is 16.1. The van der Waals surface area contributed by atoms with E-state index in [0.29, 0.717) is 12.6 Å². The van der Waals surface area contributed by atoms with Gasteiger partial charge in [0.25, 0.3) is 5.56 Å². The van der Waals surface area contributed by atoms with E-state index in [1.165, 1.54) is 38.6 Å². The first kappa shape index (κ1) is 16.5. The predicted octanol–water partition coefficient (Wildman–Crippen LogP) is 2.96. The van der Waals surface area contributed by atoms with E-state index in [-0.39, 0.29) is 5.56 Å². The van der Waals surface area contributed by atoms with Crippen LogP contribution in [-0.2, 0) is 6.54 Å². The maximum absolute atomic E-state index is 12.3. The first-order valence-corrected chi connectivity index (χ1v) is 9.52. The van der Waals surface area contributed by atoms with Crippen LogP contribution < -0.4 is 5.56 Å². The standard InChI is InChI=1S/C20H26N4O/c25-20-10-9-19(17-7-3-11-21-13-17)22-24(20)15-18-8-4-12-23(18)14-16-5-1-2-6-16/h3,7,9-11,13,16,18H,1-2,4-6,8,12,14-15H2. The minimum Gasteiger partial charge on any atom is -0.298 e. The van der Waals surface area contributed by atoms with Gasteiger partial charge in [-0.1, -0.05) is 12.8 Å². The molecule has 25 heavy (non-hydrogen) atoms. The lowest BCUT2D eigenvalue weighted by atomic mass is 10.1. The highest BCUT2D eigenvalue weighted by molar-refractivity contribution is 5.56. The molecule has 2 fully saturated rings. The Balaban J connectivity index is 1.50. The lowest BCUT2D eigenvalue weighted by Crippen LogP contribution is -2.39. The summed E-state index contributed by atoms with van der Waals surface area (Å²) in [5, 5.41) is 4.61. The third-order valence-electron chi connectivity index (χ3n) is 5.67. The fourth-order valence-electron chi connectivity index (χ4n) is 4.31. The summed E-state index contributed by atoms with van der Waals surface area (Å²) in [4.78, 5) is 19.1. The summed E-state index contributed by atoms with van der Waals surface area (Å²) in [6, 6.07) is 7.74. The van der Waals surface area contributed by atoms with Crippen molar-refractivity contribution in [2.75, 3.05) is 13.1 Å². The Labute approximate surface area is 148 Å². The number of hydrogen-bond acceptors (Lipinski definition) is 4. The van der Waals surface area contributed by atoms with Crippen molar-refractivity contribution in [3.8, 4) is 11.3 Å². The summed E-state index contributed by atoms with van der Waals surface area (Å²) in [6.07, 6.45) is 11.5. The van der Waals surface area contributed by atoms with Gasteiger partial charge in [-0.2, -0.15) is 5.10 Å². The highest BCUT2D eigenvalue weighted by Gasteiger charge is 2.28. The molecule has 132 valence electrons. The molecule has 2 aromatic rings. The normalized spacial score (nSPS) is 21.8. The average molecular weight is 338 g/mol. The second-order valence-electron chi connectivity index (χ2n) is 7.42. The summed E-state index contributed by atoms with van der Waals surface area (Å²) in [7, 11) is 0. The second-order valence-corrected chi connectivity index (χ2v) is 7.42. The van der Waals surface area contributed by atoms with Crippen LogP contribution in [0, 0.1) is 5.92 Å². The van der Waals surface area contributed by atoms with Crippen LogP contribution in [0.5, 0.6) is 0 Å². The van der Waals surface area contributed by atoms with Crippen molar-refractivity contribution in [1.29, 1.82) is 0 Å². The lowest BCUT2D eigenvalue weighted by molar-refractivity contribution is 0.193. The van der Waals surface area contributed by atoms with Gasteiger partial charge in [0.05, 0.1) is 12.2 Å². The third kappa shape index (κ3) is 3.82. The molecule has 0 bridgehead atoms. The van der Waals surface area contributed by atoms with Crippen molar-refractivity contribution in [3.05, 3.63) is 47.0 Å². The van der Waals surface area contributed by atoms with Crippen molar-refractivity contribution in [1.82, 2.24) is 19.7 Å². The van der Waals surface area contributed by atoms with Gasteiger partial charge in [-0.05, 0) is 56.3 Å². The van der Waals surface area contributed by atoms with Gasteiger partial charge in [0.1, 0.15) is 0 Å². The summed E-state index contributed by atoms with van der Waals surface area (Å²) in [5.74, 6) is 0.854. The van der Waals surface area contributed by atoms with Gasteiger partial charge in [0, 0.05) is 36.6 Å². The number of nitrogens with zero attached hydrogens (tertiary/aromatic N) is 4. The van der Waals surface area contributed by atoms with E-state index in [2.05, 4.69) is 15.0 Å². The predicted molar refractivity (Wildman–Crippen MR) is 98.3 cm³/mol. The monoisotopic (exact) mass is 338 g/mol. The molecule has 3 heterocycles. The first-order chi connectivity index (χ1) is 12.3. The number of pyridine rings is 1. The zero-order chi connectivity index (χ0) is 17.1. The lowest BCUT2D eigenvalue weighted by Gasteiger charge is -2.27. The van der Waals surface area contributed by atoms with E-state index in [0.717, 1.165) is 30.1 Å². The minimum atomic E-state index is -0.0136. The van der Waals surface area contributed by atoms with E-state index in [9.17, 15) is 4.79 Å². The molecule has 1 aliphatic carbocycles. The summed E-state index contributed by atoms with van der Waals surface area (Å²) < 4.78 is 1.65. The Kier molecular flexibility index (Phi) is 4.92. The van der Waals surface area contributed by atoms with Crippen LogP contribution in [0.3, 0.4) is 0 Å². The zero-order valence-electron chi connectivity index (χ0n) is 14.7. The Morgan fingerprint density at radius 3 is 2.72 bits per heavy atom. The van der Waals surface area contributed by atoms with E-state index < -0.39 is 0 Å². The van der Waals surface area contributed by atoms with Crippen molar-refractivity contribution in [2.24, 2.45) is 5.92 Å². The molecule has 1 aliphatic heterocycles. The maximum atomic E-state index is 12.3. The van der Waals surface area contributed by atoms with Crippen LogP contribution in [0.2, 0.25) is 0 Å². The molecule has 0 radical (unpaired) electrons. The largest absolute Gasteiger partial charge is 0.298 e. The van der Waals surface area contributed by atoms with Crippen LogP contribution in [0.25, 0.3) is 11.3 Å². The third-order valence-corrected chi connectivity index (χ3v) is 5.67. The minimum absolute atomic E-state index is 0.0136. The molecule has 0 amide bonds. The molecule has 1 saturated heterocycles. The van der Waals surface area contributed by atoms with Crippen molar-refractivity contribution in [2.45, 2.75) is 51.1 Å². The van der Waals surface area contributed by atoms with Gasteiger partial charge in [0.2, 0.25) is 0 Å². The molecule has 4 rings (SSSR count). The molecule has 0 spiro atoms. The van der Waals surface area contributed by atoms with E-state index in [1.807, 2.05) is 12.1 Å². The molecular formula is C20H26N4O. The summed E-state index contributed by atoms with van der Waals surface area (Å²) in [6.45, 7) is 3.06. The first-order valence-electron chi connectivity index (χ1n) is 9.52. The topological polar surface area (TPSA) is 51.0 Å². The number of rotatable bonds is 5. The Morgan fingerprint density at radius 1 is 1.04 bits per heavy atom. The van der Waals surface area contributed by atoms with Gasteiger partial charge in [-0.25, -0.2) is 4.68 Å². The maximum Gasteiger partial charge on any atom is 0.266 e. The van der Waals surface area contributed by atoms with Crippen LogP contribution >= 0.6 is 0 Å². The van der Waals surface area contributed by atoms with Crippen molar-refractivity contribution < 1.29 is 0 Å². The number of hydrogen-bond donors (Lipinski definition) is 0. The van der Waals surface area contributed by atoms with Crippen LogP contribution in [0.1, 0.15) is 38.5 Å². The Bertz CT molecular complexity index is 752. The van der Waals surface area contributed by atoms with Crippen LogP contribution in [0.4, 0.5) is 0 Å². The second kappa shape index (κ2) is 7.48. The average Bonchev–Trinajstić information content (AvgIpc) is 3.31.